The smallest absolute Gasteiger partial charge is 0.306 e. The van der Waals surface area contributed by atoms with Crippen LogP contribution < -0.4 is 5.32 Å². The molecule has 0 aromatic heterocycles. The molecule has 1 aliphatic heterocycles. The third-order valence-corrected chi connectivity index (χ3v) is 3.95. The largest absolute Gasteiger partial charge is 0.462 e. The summed E-state index contributed by atoms with van der Waals surface area (Å²) in [4.78, 5) is 11.8. The Morgan fingerprint density at radius 3 is 2.47 bits per heavy atom. The van der Waals surface area contributed by atoms with Gasteiger partial charge in [-0.2, -0.15) is 0 Å². The topological polar surface area (TPSA) is 38.3 Å². The number of hydrogen-bond donors (Lipinski definition) is 1. The number of esters is 1. The number of carbonyl (C=O) groups excluding carboxylic acids is 1. The molecule has 17 heavy (non-hydrogen) atoms. The number of ether oxygens (including phenoxy) is 1. The van der Waals surface area contributed by atoms with Crippen LogP contribution in [0, 0.1) is 5.92 Å². The van der Waals surface area contributed by atoms with Crippen LogP contribution in [0.3, 0.4) is 0 Å². The van der Waals surface area contributed by atoms with E-state index < -0.39 is 0 Å². The summed E-state index contributed by atoms with van der Waals surface area (Å²) in [5.74, 6) is 0.535. The zero-order valence-electron chi connectivity index (χ0n) is 10.7. The van der Waals surface area contributed by atoms with E-state index in [1.165, 1.54) is 38.5 Å². The minimum absolute atomic E-state index is 0.0330. The maximum absolute atomic E-state index is 11.8. The molecule has 1 saturated carbocycles. The van der Waals surface area contributed by atoms with Gasteiger partial charge in [0.15, 0.2) is 0 Å². The average Bonchev–Trinajstić information content (AvgIpc) is 2.59. The van der Waals surface area contributed by atoms with Crippen LogP contribution in [0.1, 0.15) is 57.8 Å². The molecular formula is C14H25NO2. The molecule has 2 rings (SSSR count). The lowest BCUT2D eigenvalue weighted by Crippen LogP contribution is -2.32. The SMILES string of the molecule is O=C(CC1CCCNC1)OC1CCCCCC1. The van der Waals surface area contributed by atoms with E-state index in [1.54, 1.807) is 0 Å². The summed E-state index contributed by atoms with van der Waals surface area (Å²) >= 11 is 0. The van der Waals surface area contributed by atoms with Crippen LogP contribution in [0.2, 0.25) is 0 Å². The zero-order valence-corrected chi connectivity index (χ0v) is 10.7. The number of piperidine rings is 1. The van der Waals surface area contributed by atoms with Crippen LogP contribution in [0.15, 0.2) is 0 Å². The lowest BCUT2D eigenvalue weighted by Gasteiger charge is -2.23. The molecule has 1 aliphatic carbocycles. The van der Waals surface area contributed by atoms with E-state index in [0.29, 0.717) is 12.3 Å². The monoisotopic (exact) mass is 239 g/mol. The van der Waals surface area contributed by atoms with Gasteiger partial charge in [-0.3, -0.25) is 4.79 Å². The predicted octanol–water partition coefficient (Wildman–Crippen LogP) is 2.64. The normalized spacial score (nSPS) is 27.4. The molecule has 1 atom stereocenters. The lowest BCUT2D eigenvalue weighted by molar-refractivity contribution is -0.150. The van der Waals surface area contributed by atoms with Crippen LogP contribution in [0.25, 0.3) is 0 Å². The molecule has 0 spiro atoms. The Hall–Kier alpha value is -0.570. The maximum atomic E-state index is 11.8. The second-order valence-corrected chi connectivity index (χ2v) is 5.52. The number of rotatable bonds is 3. The molecule has 98 valence electrons. The first-order valence-corrected chi connectivity index (χ1v) is 7.25. The third kappa shape index (κ3) is 4.66. The Morgan fingerprint density at radius 1 is 1.06 bits per heavy atom. The van der Waals surface area contributed by atoms with Crippen molar-refractivity contribution in [3.05, 3.63) is 0 Å². The standard InChI is InChI=1S/C14H25NO2/c16-14(10-12-6-5-9-15-11-12)17-13-7-3-1-2-4-8-13/h12-13,15H,1-11H2. The molecule has 0 amide bonds. The molecule has 1 unspecified atom stereocenters. The van der Waals surface area contributed by atoms with Crippen molar-refractivity contribution in [3.8, 4) is 0 Å². The molecular weight excluding hydrogens is 214 g/mol. The summed E-state index contributed by atoms with van der Waals surface area (Å²) < 4.78 is 5.61. The molecule has 0 radical (unpaired) electrons. The van der Waals surface area contributed by atoms with Gasteiger partial charge in [0, 0.05) is 6.42 Å². The molecule has 2 fully saturated rings. The van der Waals surface area contributed by atoms with Crippen molar-refractivity contribution in [2.24, 2.45) is 5.92 Å². The van der Waals surface area contributed by atoms with Gasteiger partial charge >= 0.3 is 5.97 Å². The fraction of sp³-hybridized carbons (Fsp3) is 0.929. The minimum atomic E-state index is 0.0330. The first-order valence-electron chi connectivity index (χ1n) is 7.25. The fourth-order valence-electron chi connectivity index (χ4n) is 2.93. The Morgan fingerprint density at radius 2 is 1.82 bits per heavy atom. The van der Waals surface area contributed by atoms with Crippen LogP contribution in [0.4, 0.5) is 0 Å². The minimum Gasteiger partial charge on any atom is -0.462 e. The lowest BCUT2D eigenvalue weighted by atomic mass is 9.96. The molecule has 1 heterocycles. The second-order valence-electron chi connectivity index (χ2n) is 5.52. The van der Waals surface area contributed by atoms with Crippen LogP contribution in [-0.4, -0.2) is 25.2 Å². The van der Waals surface area contributed by atoms with Gasteiger partial charge in [-0.05, 0) is 57.5 Å². The summed E-state index contributed by atoms with van der Waals surface area (Å²) in [7, 11) is 0. The molecule has 2 aliphatic rings. The highest BCUT2D eigenvalue weighted by Crippen LogP contribution is 2.21. The molecule has 3 heteroatoms. The van der Waals surface area contributed by atoms with Gasteiger partial charge in [-0.15, -0.1) is 0 Å². The summed E-state index contributed by atoms with van der Waals surface area (Å²) in [5.41, 5.74) is 0. The van der Waals surface area contributed by atoms with Gasteiger partial charge in [-0.1, -0.05) is 12.8 Å². The van der Waals surface area contributed by atoms with Crippen molar-refractivity contribution < 1.29 is 9.53 Å². The Balaban J connectivity index is 1.68. The number of nitrogens with one attached hydrogen (secondary N) is 1. The highest BCUT2D eigenvalue weighted by Gasteiger charge is 2.21. The van der Waals surface area contributed by atoms with E-state index in [0.717, 1.165) is 25.9 Å². The predicted molar refractivity (Wildman–Crippen MR) is 67.8 cm³/mol. The second kappa shape index (κ2) is 7.00. The van der Waals surface area contributed by atoms with Gasteiger partial charge in [0.05, 0.1) is 0 Å². The number of hydrogen-bond acceptors (Lipinski definition) is 3. The van der Waals surface area contributed by atoms with Crippen LogP contribution in [-0.2, 0) is 9.53 Å². The number of carbonyl (C=O) groups is 1. The molecule has 1 N–H and O–H groups in total. The Bertz CT molecular complexity index is 228. The van der Waals surface area contributed by atoms with E-state index >= 15 is 0 Å². The Labute approximate surface area is 104 Å². The van der Waals surface area contributed by atoms with Crippen molar-refractivity contribution in [1.82, 2.24) is 5.32 Å². The summed E-state index contributed by atoms with van der Waals surface area (Å²) in [5, 5.41) is 3.35. The van der Waals surface area contributed by atoms with Gasteiger partial charge in [-0.25, -0.2) is 0 Å². The first-order chi connectivity index (χ1) is 8.34. The van der Waals surface area contributed by atoms with Crippen molar-refractivity contribution in [2.45, 2.75) is 63.9 Å². The third-order valence-electron chi connectivity index (χ3n) is 3.95. The quantitative estimate of drug-likeness (QED) is 0.608. The van der Waals surface area contributed by atoms with Crippen molar-refractivity contribution in [2.75, 3.05) is 13.1 Å². The van der Waals surface area contributed by atoms with E-state index in [-0.39, 0.29) is 12.1 Å². The zero-order chi connectivity index (χ0) is 11.9. The van der Waals surface area contributed by atoms with Crippen LogP contribution >= 0.6 is 0 Å². The van der Waals surface area contributed by atoms with Crippen molar-refractivity contribution in [1.29, 1.82) is 0 Å². The molecule has 3 nitrogen and oxygen atoms in total. The van der Waals surface area contributed by atoms with Crippen molar-refractivity contribution in [3.63, 3.8) is 0 Å². The summed E-state index contributed by atoms with van der Waals surface area (Å²) in [6.45, 7) is 2.09. The van der Waals surface area contributed by atoms with Crippen molar-refractivity contribution >= 4 is 5.97 Å². The van der Waals surface area contributed by atoms with Gasteiger partial charge < -0.3 is 10.1 Å². The molecule has 1 saturated heterocycles. The molecule has 0 aromatic carbocycles. The van der Waals surface area contributed by atoms with E-state index in [1.807, 2.05) is 0 Å². The summed E-state index contributed by atoms with van der Waals surface area (Å²) in [6, 6.07) is 0. The van der Waals surface area contributed by atoms with E-state index in [2.05, 4.69) is 5.32 Å². The van der Waals surface area contributed by atoms with Gasteiger partial charge in [0.2, 0.25) is 0 Å². The maximum Gasteiger partial charge on any atom is 0.306 e. The van der Waals surface area contributed by atoms with Gasteiger partial charge in [0.1, 0.15) is 6.10 Å². The van der Waals surface area contributed by atoms with Crippen LogP contribution in [0.5, 0.6) is 0 Å². The fourth-order valence-corrected chi connectivity index (χ4v) is 2.93. The van der Waals surface area contributed by atoms with E-state index in [9.17, 15) is 4.79 Å². The molecule has 0 bridgehead atoms. The highest BCUT2D eigenvalue weighted by molar-refractivity contribution is 5.69. The van der Waals surface area contributed by atoms with E-state index in [4.69, 9.17) is 4.74 Å². The summed E-state index contributed by atoms with van der Waals surface area (Å²) in [6.07, 6.45) is 10.4. The average molecular weight is 239 g/mol. The molecule has 0 aromatic rings. The Kier molecular flexibility index (Phi) is 5.30. The first kappa shape index (κ1) is 12.9. The van der Waals surface area contributed by atoms with Gasteiger partial charge in [0.25, 0.3) is 0 Å². The highest BCUT2D eigenvalue weighted by atomic mass is 16.5.